The van der Waals surface area contributed by atoms with Crippen LogP contribution in [0.25, 0.3) is 17.0 Å². The smallest absolute Gasteiger partial charge is 0.248 e. The van der Waals surface area contributed by atoms with Gasteiger partial charge in [-0.15, -0.1) is 0 Å². The van der Waals surface area contributed by atoms with Gasteiger partial charge in [-0.3, -0.25) is 4.79 Å². The van der Waals surface area contributed by atoms with Crippen molar-refractivity contribution in [3.63, 3.8) is 0 Å². The van der Waals surface area contributed by atoms with Gasteiger partial charge in [0.05, 0.1) is 5.52 Å². The van der Waals surface area contributed by atoms with Crippen LogP contribution in [-0.4, -0.2) is 15.9 Å². The SMILES string of the molecule is Cc1ccc(C=CC(=O)Nc2ccc3ncnc(Nc4cccc(Br)c4)c3c2)cc1. The number of nitrogens with zero attached hydrogens (tertiary/aromatic N) is 2. The second-order valence-electron chi connectivity index (χ2n) is 6.82. The van der Waals surface area contributed by atoms with Crippen LogP contribution in [0.15, 0.2) is 83.6 Å². The summed E-state index contributed by atoms with van der Waals surface area (Å²) in [5, 5.41) is 7.03. The third kappa shape index (κ3) is 4.90. The number of anilines is 3. The quantitative estimate of drug-likeness (QED) is 0.354. The van der Waals surface area contributed by atoms with Crippen LogP contribution in [0.5, 0.6) is 0 Å². The van der Waals surface area contributed by atoms with Gasteiger partial charge in [-0.05, 0) is 55.0 Å². The summed E-state index contributed by atoms with van der Waals surface area (Å²) in [6.45, 7) is 2.03. The maximum atomic E-state index is 12.4. The molecule has 0 saturated heterocycles. The molecule has 0 fully saturated rings. The van der Waals surface area contributed by atoms with E-state index in [1.54, 1.807) is 6.08 Å². The van der Waals surface area contributed by atoms with Crippen LogP contribution in [0.2, 0.25) is 0 Å². The first-order valence-corrected chi connectivity index (χ1v) is 10.2. The van der Waals surface area contributed by atoms with E-state index in [4.69, 9.17) is 0 Å². The number of aromatic nitrogens is 2. The molecule has 0 bridgehead atoms. The van der Waals surface area contributed by atoms with E-state index in [0.717, 1.165) is 26.6 Å². The highest BCUT2D eigenvalue weighted by atomic mass is 79.9. The molecule has 0 spiro atoms. The molecule has 0 atom stereocenters. The number of carbonyl (C=O) groups excluding carboxylic acids is 1. The van der Waals surface area contributed by atoms with Crippen molar-refractivity contribution >= 4 is 56.0 Å². The molecule has 5 nitrogen and oxygen atoms in total. The van der Waals surface area contributed by atoms with E-state index in [9.17, 15) is 4.79 Å². The topological polar surface area (TPSA) is 66.9 Å². The number of carbonyl (C=O) groups is 1. The van der Waals surface area contributed by atoms with Crippen LogP contribution in [0.3, 0.4) is 0 Å². The Morgan fingerprint density at radius 3 is 2.60 bits per heavy atom. The zero-order valence-corrected chi connectivity index (χ0v) is 17.8. The van der Waals surface area contributed by atoms with Gasteiger partial charge in [-0.2, -0.15) is 0 Å². The van der Waals surface area contributed by atoms with Crippen molar-refractivity contribution < 1.29 is 4.79 Å². The van der Waals surface area contributed by atoms with Crippen LogP contribution < -0.4 is 10.6 Å². The number of benzene rings is 3. The normalized spacial score (nSPS) is 11.0. The summed E-state index contributed by atoms with van der Waals surface area (Å²) in [5.74, 6) is 0.470. The summed E-state index contributed by atoms with van der Waals surface area (Å²) in [4.78, 5) is 21.0. The first kappa shape index (κ1) is 19.8. The first-order chi connectivity index (χ1) is 14.6. The van der Waals surface area contributed by atoms with E-state index >= 15 is 0 Å². The van der Waals surface area contributed by atoms with Crippen molar-refractivity contribution in [2.45, 2.75) is 6.92 Å². The van der Waals surface area contributed by atoms with Crippen molar-refractivity contribution in [1.29, 1.82) is 0 Å². The lowest BCUT2D eigenvalue weighted by Crippen LogP contribution is -2.07. The molecular weight excluding hydrogens is 440 g/mol. The molecule has 1 heterocycles. The van der Waals surface area contributed by atoms with Crippen molar-refractivity contribution in [2.24, 2.45) is 0 Å². The number of halogens is 1. The van der Waals surface area contributed by atoms with Crippen LogP contribution in [0.4, 0.5) is 17.2 Å². The number of aryl methyl sites for hydroxylation is 1. The van der Waals surface area contributed by atoms with Crippen LogP contribution in [-0.2, 0) is 4.79 Å². The van der Waals surface area contributed by atoms with Crippen molar-refractivity contribution in [2.75, 3.05) is 10.6 Å². The van der Waals surface area contributed by atoms with Gasteiger partial charge in [-0.1, -0.05) is 51.8 Å². The summed E-state index contributed by atoms with van der Waals surface area (Å²) < 4.78 is 0.971. The Labute approximate surface area is 183 Å². The lowest BCUT2D eigenvalue weighted by Gasteiger charge is -2.10. The summed E-state index contributed by atoms with van der Waals surface area (Å²) in [6, 6.07) is 21.4. The third-order valence-corrected chi connectivity index (χ3v) is 4.99. The van der Waals surface area contributed by atoms with Crippen molar-refractivity contribution in [3.8, 4) is 0 Å². The van der Waals surface area contributed by atoms with E-state index in [1.165, 1.54) is 18.0 Å². The molecule has 1 amide bonds. The summed E-state index contributed by atoms with van der Waals surface area (Å²) in [6.07, 6.45) is 4.83. The molecule has 2 N–H and O–H groups in total. The number of hydrogen-bond donors (Lipinski definition) is 2. The highest BCUT2D eigenvalue weighted by Crippen LogP contribution is 2.27. The molecule has 3 aromatic carbocycles. The number of fused-ring (bicyclic) bond motifs is 1. The molecule has 0 saturated carbocycles. The Morgan fingerprint density at radius 1 is 0.967 bits per heavy atom. The largest absolute Gasteiger partial charge is 0.340 e. The van der Waals surface area contributed by atoms with Crippen LogP contribution in [0.1, 0.15) is 11.1 Å². The van der Waals surface area contributed by atoms with E-state index in [2.05, 4.69) is 36.5 Å². The van der Waals surface area contributed by atoms with E-state index in [0.29, 0.717) is 11.5 Å². The third-order valence-electron chi connectivity index (χ3n) is 4.49. The summed E-state index contributed by atoms with van der Waals surface area (Å²) >= 11 is 3.47. The highest BCUT2D eigenvalue weighted by molar-refractivity contribution is 9.10. The predicted molar refractivity (Wildman–Crippen MR) is 126 cm³/mol. The van der Waals surface area contributed by atoms with Gasteiger partial charge in [0.1, 0.15) is 12.1 Å². The molecule has 0 aliphatic rings. The molecule has 4 rings (SSSR count). The predicted octanol–water partition coefficient (Wildman–Crippen LogP) is 6.10. The summed E-state index contributed by atoms with van der Waals surface area (Å²) in [7, 11) is 0. The number of hydrogen-bond acceptors (Lipinski definition) is 4. The molecule has 1 aromatic heterocycles. The molecule has 0 aliphatic heterocycles. The van der Waals surface area contributed by atoms with Gasteiger partial charge >= 0.3 is 0 Å². The van der Waals surface area contributed by atoms with Crippen LogP contribution in [0, 0.1) is 6.92 Å². The number of rotatable bonds is 5. The molecule has 30 heavy (non-hydrogen) atoms. The maximum Gasteiger partial charge on any atom is 0.248 e. The minimum absolute atomic E-state index is 0.201. The van der Waals surface area contributed by atoms with Gasteiger partial charge in [0.2, 0.25) is 5.91 Å². The minimum atomic E-state index is -0.201. The minimum Gasteiger partial charge on any atom is -0.340 e. The van der Waals surface area contributed by atoms with Gasteiger partial charge < -0.3 is 10.6 Å². The Morgan fingerprint density at radius 2 is 1.80 bits per heavy atom. The molecule has 6 heteroatoms. The Kier molecular flexibility index (Phi) is 5.86. The van der Waals surface area contributed by atoms with E-state index in [1.807, 2.05) is 73.7 Å². The number of amides is 1. The van der Waals surface area contributed by atoms with E-state index in [-0.39, 0.29) is 5.91 Å². The Bertz CT molecular complexity index is 1240. The Balaban J connectivity index is 1.54. The average molecular weight is 459 g/mol. The maximum absolute atomic E-state index is 12.4. The monoisotopic (exact) mass is 458 g/mol. The average Bonchev–Trinajstić information content (AvgIpc) is 2.74. The summed E-state index contributed by atoms with van der Waals surface area (Å²) in [5.41, 5.74) is 4.52. The molecular formula is C24H19BrN4O. The highest BCUT2D eigenvalue weighted by Gasteiger charge is 2.07. The molecule has 0 radical (unpaired) electrons. The number of nitrogens with one attached hydrogen (secondary N) is 2. The first-order valence-electron chi connectivity index (χ1n) is 9.40. The fourth-order valence-corrected chi connectivity index (χ4v) is 3.37. The molecule has 4 aromatic rings. The second kappa shape index (κ2) is 8.88. The molecule has 148 valence electrons. The molecule has 0 unspecified atom stereocenters. The van der Waals surface area contributed by atoms with Gasteiger partial charge in [0.15, 0.2) is 0 Å². The van der Waals surface area contributed by atoms with Gasteiger partial charge in [-0.25, -0.2) is 9.97 Å². The Hall–Kier alpha value is -3.51. The van der Waals surface area contributed by atoms with Crippen molar-refractivity contribution in [3.05, 3.63) is 94.7 Å². The standard InChI is InChI=1S/C24H19BrN4O/c1-16-5-7-17(8-6-16)9-12-23(30)28-20-10-11-22-21(14-20)24(27-15-26-22)29-19-4-2-3-18(25)13-19/h2-15H,1H3,(H,28,30)(H,26,27,29). The molecule has 0 aliphatic carbocycles. The van der Waals surface area contributed by atoms with Crippen molar-refractivity contribution in [1.82, 2.24) is 9.97 Å². The van der Waals surface area contributed by atoms with Crippen LogP contribution >= 0.6 is 15.9 Å². The fraction of sp³-hybridized carbons (Fsp3) is 0.0417. The lowest BCUT2D eigenvalue weighted by atomic mass is 10.1. The fourth-order valence-electron chi connectivity index (χ4n) is 2.97. The van der Waals surface area contributed by atoms with E-state index < -0.39 is 0 Å². The van der Waals surface area contributed by atoms with Gasteiger partial charge in [0.25, 0.3) is 0 Å². The zero-order valence-electron chi connectivity index (χ0n) is 16.3. The lowest BCUT2D eigenvalue weighted by molar-refractivity contribution is -0.111. The van der Waals surface area contributed by atoms with Gasteiger partial charge in [0, 0.05) is 27.3 Å². The zero-order chi connectivity index (χ0) is 20.9. The second-order valence-corrected chi connectivity index (χ2v) is 7.74.